The number of aromatic nitrogens is 1. The third-order valence-electron chi connectivity index (χ3n) is 2.30. The molecule has 0 atom stereocenters. The molecule has 0 saturated carbocycles. The van der Waals surface area contributed by atoms with Crippen molar-refractivity contribution in [3.8, 4) is 0 Å². The number of amides is 1. The molecule has 94 valence electrons. The summed E-state index contributed by atoms with van der Waals surface area (Å²) in [5, 5.41) is 5.82. The van der Waals surface area contributed by atoms with Crippen LogP contribution < -0.4 is 5.32 Å². The van der Waals surface area contributed by atoms with Gasteiger partial charge in [0.25, 0.3) is 5.91 Å². The Morgan fingerprint density at radius 2 is 2.33 bits per heavy atom. The Bertz CT molecular complexity index is 543. The highest BCUT2D eigenvalue weighted by Gasteiger charge is 2.09. The lowest BCUT2D eigenvalue weighted by atomic mass is 10.2. The van der Waals surface area contributed by atoms with Crippen molar-refractivity contribution < 1.29 is 4.79 Å². The SMILES string of the molecule is O=C(NCCc1nccs1)c1cc(S)ccc1Br. The van der Waals surface area contributed by atoms with Gasteiger partial charge in [-0.3, -0.25) is 4.79 Å². The molecule has 0 aliphatic rings. The van der Waals surface area contributed by atoms with E-state index in [4.69, 9.17) is 0 Å². The van der Waals surface area contributed by atoms with Gasteiger partial charge in [-0.1, -0.05) is 0 Å². The fourth-order valence-corrected chi connectivity index (χ4v) is 2.69. The molecule has 1 aromatic heterocycles. The van der Waals surface area contributed by atoms with Crippen molar-refractivity contribution in [2.45, 2.75) is 11.3 Å². The Morgan fingerprint density at radius 3 is 3.06 bits per heavy atom. The van der Waals surface area contributed by atoms with Crippen LogP contribution in [0.25, 0.3) is 0 Å². The van der Waals surface area contributed by atoms with Gasteiger partial charge in [0, 0.05) is 33.9 Å². The molecular weight excluding hydrogens is 332 g/mol. The van der Waals surface area contributed by atoms with Crippen LogP contribution in [0.1, 0.15) is 15.4 Å². The molecule has 0 saturated heterocycles. The van der Waals surface area contributed by atoms with E-state index in [1.54, 1.807) is 23.6 Å². The fourth-order valence-electron chi connectivity index (χ4n) is 1.44. The standard InChI is InChI=1S/C12H11BrN2OS2/c13-10-2-1-8(17)7-9(10)12(16)15-4-3-11-14-5-6-18-11/h1-2,5-7,17H,3-4H2,(H,15,16). The van der Waals surface area contributed by atoms with Gasteiger partial charge in [0.05, 0.1) is 10.6 Å². The minimum absolute atomic E-state index is 0.102. The molecule has 2 rings (SSSR count). The minimum atomic E-state index is -0.102. The van der Waals surface area contributed by atoms with E-state index in [2.05, 4.69) is 38.9 Å². The van der Waals surface area contributed by atoms with Crippen molar-refractivity contribution in [3.05, 3.63) is 44.8 Å². The third kappa shape index (κ3) is 3.57. The van der Waals surface area contributed by atoms with Crippen LogP contribution in [-0.2, 0) is 6.42 Å². The van der Waals surface area contributed by atoms with Crippen LogP contribution in [0.4, 0.5) is 0 Å². The van der Waals surface area contributed by atoms with Crippen molar-refractivity contribution in [1.29, 1.82) is 0 Å². The average Bonchev–Trinajstić information content (AvgIpc) is 2.85. The van der Waals surface area contributed by atoms with Crippen LogP contribution >= 0.6 is 39.9 Å². The first-order valence-electron chi connectivity index (χ1n) is 5.32. The van der Waals surface area contributed by atoms with Crippen LogP contribution in [0.2, 0.25) is 0 Å². The first-order valence-corrected chi connectivity index (χ1v) is 7.44. The van der Waals surface area contributed by atoms with E-state index < -0.39 is 0 Å². The van der Waals surface area contributed by atoms with E-state index in [0.29, 0.717) is 12.1 Å². The molecule has 0 unspecified atom stereocenters. The average molecular weight is 343 g/mol. The first-order chi connectivity index (χ1) is 8.66. The molecule has 18 heavy (non-hydrogen) atoms. The second-order valence-electron chi connectivity index (χ2n) is 3.60. The summed E-state index contributed by atoms with van der Waals surface area (Å²) >= 11 is 9.18. The number of nitrogens with zero attached hydrogens (tertiary/aromatic N) is 1. The largest absolute Gasteiger partial charge is 0.352 e. The summed E-state index contributed by atoms with van der Waals surface area (Å²) in [5.74, 6) is -0.102. The molecule has 2 aromatic rings. The molecule has 0 aliphatic carbocycles. The van der Waals surface area contributed by atoms with Gasteiger partial charge < -0.3 is 5.32 Å². The lowest BCUT2D eigenvalue weighted by Crippen LogP contribution is -2.26. The van der Waals surface area contributed by atoms with E-state index in [1.807, 2.05) is 17.5 Å². The normalized spacial score (nSPS) is 10.3. The van der Waals surface area contributed by atoms with E-state index in [9.17, 15) is 4.79 Å². The third-order valence-corrected chi connectivity index (χ3v) is 4.11. The Balaban J connectivity index is 1.93. The topological polar surface area (TPSA) is 42.0 Å². The van der Waals surface area contributed by atoms with Crippen molar-refractivity contribution in [3.63, 3.8) is 0 Å². The van der Waals surface area contributed by atoms with Crippen LogP contribution in [-0.4, -0.2) is 17.4 Å². The Hall–Kier alpha value is -0.850. The van der Waals surface area contributed by atoms with Gasteiger partial charge in [0.2, 0.25) is 0 Å². The Labute approximate surface area is 123 Å². The van der Waals surface area contributed by atoms with E-state index >= 15 is 0 Å². The monoisotopic (exact) mass is 342 g/mol. The number of thiazole rings is 1. The van der Waals surface area contributed by atoms with Crippen molar-refractivity contribution in [2.75, 3.05) is 6.54 Å². The summed E-state index contributed by atoms with van der Waals surface area (Å²) in [4.78, 5) is 16.9. The number of hydrogen-bond acceptors (Lipinski definition) is 4. The number of nitrogens with one attached hydrogen (secondary N) is 1. The summed E-state index contributed by atoms with van der Waals surface area (Å²) < 4.78 is 0.770. The van der Waals surface area contributed by atoms with Crippen molar-refractivity contribution in [1.82, 2.24) is 10.3 Å². The van der Waals surface area contributed by atoms with Crippen LogP contribution in [0.3, 0.4) is 0 Å². The van der Waals surface area contributed by atoms with Crippen LogP contribution in [0.15, 0.2) is 39.1 Å². The zero-order chi connectivity index (χ0) is 13.0. The zero-order valence-corrected chi connectivity index (χ0v) is 12.7. The summed E-state index contributed by atoms with van der Waals surface area (Å²) in [6.07, 6.45) is 2.52. The maximum atomic E-state index is 12.0. The number of carbonyl (C=O) groups excluding carboxylic acids is 1. The molecule has 6 heteroatoms. The number of rotatable bonds is 4. The molecule has 1 aromatic carbocycles. The van der Waals surface area contributed by atoms with Gasteiger partial charge in [0.1, 0.15) is 0 Å². The maximum Gasteiger partial charge on any atom is 0.252 e. The molecule has 1 amide bonds. The minimum Gasteiger partial charge on any atom is -0.352 e. The number of carbonyl (C=O) groups is 1. The smallest absolute Gasteiger partial charge is 0.252 e. The predicted molar refractivity (Wildman–Crippen MR) is 79.5 cm³/mol. The van der Waals surface area contributed by atoms with Gasteiger partial charge in [-0.15, -0.1) is 24.0 Å². The van der Waals surface area contributed by atoms with Crippen LogP contribution in [0.5, 0.6) is 0 Å². The molecule has 0 aliphatic heterocycles. The molecule has 0 radical (unpaired) electrons. The number of hydrogen-bond donors (Lipinski definition) is 2. The molecular formula is C12H11BrN2OS2. The van der Waals surface area contributed by atoms with E-state index in [0.717, 1.165) is 20.8 Å². The molecule has 1 N–H and O–H groups in total. The number of benzene rings is 1. The lowest BCUT2D eigenvalue weighted by Gasteiger charge is -2.06. The van der Waals surface area contributed by atoms with Gasteiger partial charge >= 0.3 is 0 Å². The van der Waals surface area contributed by atoms with Crippen molar-refractivity contribution >= 4 is 45.8 Å². The van der Waals surface area contributed by atoms with Crippen LogP contribution in [0, 0.1) is 0 Å². The molecule has 0 spiro atoms. The number of thiol groups is 1. The Kier molecular flexibility index (Phi) is 4.79. The summed E-state index contributed by atoms with van der Waals surface area (Å²) in [6.45, 7) is 0.579. The van der Waals surface area contributed by atoms with Gasteiger partial charge in [-0.05, 0) is 34.1 Å². The van der Waals surface area contributed by atoms with Crippen molar-refractivity contribution in [2.24, 2.45) is 0 Å². The highest BCUT2D eigenvalue weighted by atomic mass is 79.9. The molecule has 0 fully saturated rings. The maximum absolute atomic E-state index is 12.0. The van der Waals surface area contributed by atoms with E-state index in [1.165, 1.54) is 0 Å². The highest BCUT2D eigenvalue weighted by Crippen LogP contribution is 2.20. The van der Waals surface area contributed by atoms with Gasteiger partial charge in [0.15, 0.2) is 0 Å². The molecule has 0 bridgehead atoms. The number of halogens is 1. The first kappa shape index (κ1) is 13.6. The fraction of sp³-hybridized carbons (Fsp3) is 0.167. The second-order valence-corrected chi connectivity index (χ2v) is 5.95. The van der Waals surface area contributed by atoms with Gasteiger partial charge in [-0.2, -0.15) is 0 Å². The Morgan fingerprint density at radius 1 is 1.50 bits per heavy atom. The predicted octanol–water partition coefficient (Wildman–Crippen LogP) is 3.17. The quantitative estimate of drug-likeness (QED) is 0.838. The summed E-state index contributed by atoms with van der Waals surface area (Å²) in [5.41, 5.74) is 0.599. The van der Waals surface area contributed by atoms with Gasteiger partial charge in [-0.25, -0.2) is 4.98 Å². The molecule has 1 heterocycles. The molecule has 3 nitrogen and oxygen atoms in total. The summed E-state index contributed by atoms with van der Waals surface area (Å²) in [6, 6.07) is 5.39. The summed E-state index contributed by atoms with van der Waals surface area (Å²) in [7, 11) is 0. The second kappa shape index (κ2) is 6.36. The highest BCUT2D eigenvalue weighted by molar-refractivity contribution is 9.10. The lowest BCUT2D eigenvalue weighted by molar-refractivity contribution is 0.0953. The van der Waals surface area contributed by atoms with E-state index in [-0.39, 0.29) is 5.91 Å². The zero-order valence-electron chi connectivity index (χ0n) is 9.39.